The van der Waals surface area contributed by atoms with Gasteiger partial charge in [-0.3, -0.25) is 23.3 Å². The standard InChI is InChI=1S/C21H23N5O4/c1-3-10-23-18-17(19(29)24(11-4-2)21(23)30)26-16(28)12-15(27)25(20(26)22-18)13-14-8-6-5-7-9-14/h5-9,12,28H,3-4,10-11,13H2,1-2H3. The lowest BCUT2D eigenvalue weighted by atomic mass is 10.2. The van der Waals surface area contributed by atoms with Crippen LogP contribution in [0.15, 0.2) is 50.8 Å². The SMILES string of the molecule is CCCn1c(=O)c2c(nc3n(Cc4ccccc4)c(=O)cc(O)n23)n(CCC)c1=O. The van der Waals surface area contributed by atoms with Gasteiger partial charge in [0.1, 0.15) is 0 Å². The number of aryl methyl sites for hydroxylation is 1. The van der Waals surface area contributed by atoms with E-state index in [1.54, 1.807) is 0 Å². The van der Waals surface area contributed by atoms with Crippen molar-refractivity contribution in [3.8, 4) is 5.88 Å². The molecule has 9 heteroatoms. The number of rotatable bonds is 6. The van der Waals surface area contributed by atoms with Crippen molar-refractivity contribution in [1.82, 2.24) is 23.1 Å². The highest BCUT2D eigenvalue weighted by atomic mass is 16.3. The fourth-order valence-corrected chi connectivity index (χ4v) is 3.74. The third kappa shape index (κ3) is 3.02. The van der Waals surface area contributed by atoms with Crippen molar-refractivity contribution in [2.45, 2.75) is 46.3 Å². The zero-order valence-corrected chi connectivity index (χ0v) is 16.9. The van der Waals surface area contributed by atoms with Crippen molar-refractivity contribution in [1.29, 1.82) is 0 Å². The molecule has 0 radical (unpaired) electrons. The highest BCUT2D eigenvalue weighted by Gasteiger charge is 2.22. The van der Waals surface area contributed by atoms with Crippen molar-refractivity contribution in [3.05, 3.63) is 73.2 Å². The quantitative estimate of drug-likeness (QED) is 0.520. The van der Waals surface area contributed by atoms with E-state index in [-0.39, 0.29) is 35.9 Å². The maximum atomic E-state index is 13.2. The van der Waals surface area contributed by atoms with Gasteiger partial charge in [-0.05, 0) is 18.4 Å². The lowest BCUT2D eigenvalue weighted by molar-refractivity contribution is 0.442. The molecular formula is C21H23N5O4. The minimum Gasteiger partial charge on any atom is -0.494 e. The molecular weight excluding hydrogens is 386 g/mol. The summed E-state index contributed by atoms with van der Waals surface area (Å²) in [7, 11) is 0. The monoisotopic (exact) mass is 409 g/mol. The summed E-state index contributed by atoms with van der Waals surface area (Å²) < 4.78 is 5.26. The van der Waals surface area contributed by atoms with Crippen molar-refractivity contribution >= 4 is 16.9 Å². The Hall–Kier alpha value is -3.62. The van der Waals surface area contributed by atoms with Crippen LogP contribution in [-0.2, 0) is 19.6 Å². The number of nitrogens with zero attached hydrogens (tertiary/aromatic N) is 5. The molecule has 0 aliphatic heterocycles. The lowest BCUT2D eigenvalue weighted by Crippen LogP contribution is -2.40. The van der Waals surface area contributed by atoms with Gasteiger partial charge in [-0.2, -0.15) is 4.98 Å². The van der Waals surface area contributed by atoms with Gasteiger partial charge in [0, 0.05) is 13.1 Å². The second-order valence-electron chi connectivity index (χ2n) is 7.22. The first-order valence-corrected chi connectivity index (χ1v) is 10.0. The predicted octanol–water partition coefficient (Wildman–Crippen LogP) is 1.55. The maximum absolute atomic E-state index is 13.2. The zero-order chi connectivity index (χ0) is 21.4. The fraction of sp³-hybridized carbons (Fsp3) is 0.333. The molecule has 4 rings (SSSR count). The summed E-state index contributed by atoms with van der Waals surface area (Å²) in [6.45, 7) is 4.64. The van der Waals surface area contributed by atoms with Crippen LogP contribution >= 0.6 is 0 Å². The van der Waals surface area contributed by atoms with E-state index < -0.39 is 16.8 Å². The Morgan fingerprint density at radius 3 is 2.27 bits per heavy atom. The van der Waals surface area contributed by atoms with Crippen LogP contribution in [0.25, 0.3) is 16.9 Å². The number of hydrogen-bond donors (Lipinski definition) is 1. The van der Waals surface area contributed by atoms with Gasteiger partial charge in [0.15, 0.2) is 11.2 Å². The maximum Gasteiger partial charge on any atom is 0.332 e. The van der Waals surface area contributed by atoms with Crippen molar-refractivity contribution in [2.75, 3.05) is 0 Å². The third-order valence-corrected chi connectivity index (χ3v) is 5.07. The second kappa shape index (κ2) is 7.66. The third-order valence-electron chi connectivity index (χ3n) is 5.07. The molecule has 3 heterocycles. The van der Waals surface area contributed by atoms with Crippen LogP contribution < -0.4 is 16.8 Å². The minimum absolute atomic E-state index is 0.0887. The topological polar surface area (TPSA) is 104 Å². The molecule has 0 saturated carbocycles. The highest BCUT2D eigenvalue weighted by molar-refractivity contribution is 5.76. The van der Waals surface area contributed by atoms with Crippen LogP contribution in [0, 0.1) is 0 Å². The predicted molar refractivity (Wildman–Crippen MR) is 113 cm³/mol. The van der Waals surface area contributed by atoms with E-state index in [9.17, 15) is 19.5 Å². The largest absolute Gasteiger partial charge is 0.494 e. The first-order chi connectivity index (χ1) is 14.5. The van der Waals surface area contributed by atoms with E-state index in [1.807, 2.05) is 44.2 Å². The molecule has 3 aromatic heterocycles. The molecule has 1 aromatic carbocycles. The number of hydrogen-bond acceptors (Lipinski definition) is 5. The number of aromatic hydroxyl groups is 1. The van der Waals surface area contributed by atoms with Crippen molar-refractivity contribution in [2.24, 2.45) is 0 Å². The smallest absolute Gasteiger partial charge is 0.332 e. The average Bonchev–Trinajstić information content (AvgIpc) is 3.13. The van der Waals surface area contributed by atoms with Gasteiger partial charge in [0.05, 0.1) is 12.6 Å². The van der Waals surface area contributed by atoms with Gasteiger partial charge in [-0.25, -0.2) is 9.20 Å². The molecule has 0 atom stereocenters. The fourth-order valence-electron chi connectivity index (χ4n) is 3.74. The zero-order valence-electron chi connectivity index (χ0n) is 16.9. The summed E-state index contributed by atoms with van der Waals surface area (Å²) in [5, 5.41) is 10.5. The summed E-state index contributed by atoms with van der Waals surface area (Å²) in [5.41, 5.74) is -0.285. The second-order valence-corrected chi connectivity index (χ2v) is 7.22. The molecule has 0 fully saturated rings. The number of fused-ring (bicyclic) bond motifs is 3. The summed E-state index contributed by atoms with van der Waals surface area (Å²) in [5.74, 6) is -0.266. The summed E-state index contributed by atoms with van der Waals surface area (Å²) in [4.78, 5) is 43.3. The summed E-state index contributed by atoms with van der Waals surface area (Å²) in [6, 6.07) is 10.4. The van der Waals surface area contributed by atoms with E-state index in [2.05, 4.69) is 4.98 Å². The van der Waals surface area contributed by atoms with Crippen LogP contribution in [0.1, 0.15) is 32.3 Å². The van der Waals surface area contributed by atoms with Crippen LogP contribution in [0.3, 0.4) is 0 Å². The molecule has 0 spiro atoms. The molecule has 0 aliphatic carbocycles. The molecule has 1 N–H and O–H groups in total. The van der Waals surface area contributed by atoms with Gasteiger partial charge in [-0.1, -0.05) is 44.2 Å². The molecule has 4 aromatic rings. The molecule has 0 unspecified atom stereocenters. The number of imidazole rings is 1. The Morgan fingerprint density at radius 1 is 0.933 bits per heavy atom. The van der Waals surface area contributed by atoms with Crippen LogP contribution in [0.2, 0.25) is 0 Å². The van der Waals surface area contributed by atoms with E-state index in [1.165, 1.54) is 13.5 Å². The minimum atomic E-state index is -0.531. The molecule has 0 bridgehead atoms. The first kappa shape index (κ1) is 19.7. The van der Waals surface area contributed by atoms with E-state index >= 15 is 0 Å². The van der Waals surface area contributed by atoms with Crippen LogP contribution in [0.5, 0.6) is 5.88 Å². The number of benzene rings is 1. The Morgan fingerprint density at radius 2 is 1.60 bits per heavy atom. The Kier molecular flexibility index (Phi) is 5.03. The summed E-state index contributed by atoms with van der Waals surface area (Å²) in [6.07, 6.45) is 1.27. The summed E-state index contributed by atoms with van der Waals surface area (Å²) >= 11 is 0. The van der Waals surface area contributed by atoms with E-state index in [0.29, 0.717) is 19.4 Å². The molecule has 9 nitrogen and oxygen atoms in total. The molecule has 0 aliphatic rings. The highest BCUT2D eigenvalue weighted by Crippen LogP contribution is 2.18. The van der Waals surface area contributed by atoms with Crippen molar-refractivity contribution in [3.63, 3.8) is 0 Å². The van der Waals surface area contributed by atoms with Gasteiger partial charge in [0.2, 0.25) is 11.7 Å². The van der Waals surface area contributed by atoms with Crippen LogP contribution in [-0.4, -0.2) is 28.2 Å². The van der Waals surface area contributed by atoms with E-state index in [4.69, 9.17) is 0 Å². The van der Waals surface area contributed by atoms with Crippen LogP contribution in [0.4, 0.5) is 0 Å². The Bertz CT molecular complexity index is 1410. The normalized spacial score (nSPS) is 11.5. The first-order valence-electron chi connectivity index (χ1n) is 10.0. The van der Waals surface area contributed by atoms with E-state index in [0.717, 1.165) is 16.2 Å². The Labute approximate surface area is 171 Å². The number of aromatic nitrogens is 5. The molecule has 156 valence electrons. The molecule has 30 heavy (non-hydrogen) atoms. The van der Waals surface area contributed by atoms with Gasteiger partial charge in [-0.15, -0.1) is 0 Å². The molecule has 0 amide bonds. The average molecular weight is 409 g/mol. The lowest BCUT2D eigenvalue weighted by Gasteiger charge is -2.10. The van der Waals surface area contributed by atoms with Gasteiger partial charge >= 0.3 is 5.69 Å². The van der Waals surface area contributed by atoms with Crippen molar-refractivity contribution < 1.29 is 5.11 Å². The molecule has 0 saturated heterocycles. The Balaban J connectivity index is 2.14. The van der Waals surface area contributed by atoms with Gasteiger partial charge in [0.25, 0.3) is 11.1 Å². The van der Waals surface area contributed by atoms with Gasteiger partial charge < -0.3 is 5.11 Å².